The first-order valence-electron chi connectivity index (χ1n) is 18.6. The number of aromatic nitrogens is 10. The number of halogens is 3. The third-order valence-corrected chi connectivity index (χ3v) is 8.71. The Bertz CT molecular complexity index is 2390. The molecule has 8 rings (SSSR count). The van der Waals surface area contributed by atoms with E-state index in [1.54, 1.807) is 61.4 Å². The molecule has 12 nitrogen and oxygen atoms in total. The zero-order valence-electron chi connectivity index (χ0n) is 31.3. The standard InChI is InChI=1S/C22H19F3N6.C21H20N6/c23-22(24,25)17-6-3-5-16(13-17)19-14-20(28-9-4-11-31-12-10-26-15-31)30-21(29-19)18-7-1-2-8-27-18;1-2-7-17(8-3-1)19-15-20(24-11-6-13-27-14-12-22-16-27)26-21(25-19)18-9-4-5-10-23-18/h1-3,5-8,10,12-15H,4,9,11H2,(H,28,29,30);1-5,7-10,12,14-16H,6,11,13H2,(H,24,25,26). The molecule has 6 aromatic heterocycles. The average molecular weight is 781 g/mol. The van der Waals surface area contributed by atoms with E-state index in [1.165, 1.54) is 6.07 Å². The zero-order chi connectivity index (χ0) is 40.0. The van der Waals surface area contributed by atoms with Crippen LogP contribution in [-0.4, -0.2) is 62.1 Å². The normalized spacial score (nSPS) is 11.1. The number of rotatable bonds is 14. The van der Waals surface area contributed by atoms with Crippen LogP contribution in [0.2, 0.25) is 0 Å². The summed E-state index contributed by atoms with van der Waals surface area (Å²) in [6.07, 6.45) is 11.7. The van der Waals surface area contributed by atoms with Gasteiger partial charge in [0.1, 0.15) is 23.0 Å². The summed E-state index contributed by atoms with van der Waals surface area (Å²) in [6.45, 7) is 3.13. The molecule has 0 saturated carbocycles. The monoisotopic (exact) mass is 780 g/mol. The van der Waals surface area contributed by atoms with Crippen molar-refractivity contribution in [1.29, 1.82) is 0 Å². The summed E-state index contributed by atoms with van der Waals surface area (Å²) in [5.74, 6) is 2.28. The van der Waals surface area contributed by atoms with Crippen LogP contribution in [-0.2, 0) is 19.3 Å². The second-order valence-electron chi connectivity index (χ2n) is 13.0. The quantitative estimate of drug-likeness (QED) is 0.103. The summed E-state index contributed by atoms with van der Waals surface area (Å²) in [5.41, 5.74) is 3.25. The molecule has 0 aliphatic rings. The van der Waals surface area contributed by atoms with Crippen LogP contribution < -0.4 is 10.6 Å². The first-order chi connectivity index (χ1) is 28.4. The van der Waals surface area contributed by atoms with E-state index in [2.05, 4.69) is 50.1 Å². The highest BCUT2D eigenvalue weighted by molar-refractivity contribution is 5.68. The zero-order valence-corrected chi connectivity index (χ0v) is 31.3. The minimum absolute atomic E-state index is 0.340. The van der Waals surface area contributed by atoms with Crippen molar-refractivity contribution in [2.75, 3.05) is 23.7 Å². The van der Waals surface area contributed by atoms with E-state index in [4.69, 9.17) is 4.98 Å². The van der Waals surface area contributed by atoms with Crippen molar-refractivity contribution in [3.8, 4) is 45.6 Å². The lowest BCUT2D eigenvalue weighted by Crippen LogP contribution is -2.08. The SMILES string of the molecule is FC(F)(F)c1cccc(-c2cc(NCCCn3ccnc3)nc(-c3ccccn3)n2)c1.c1ccc(-c2cc(NCCCn3ccnc3)nc(-c3ccccn3)n2)cc1. The van der Waals surface area contributed by atoms with Gasteiger partial charge in [-0.15, -0.1) is 0 Å². The Balaban J connectivity index is 0.000000178. The maximum absolute atomic E-state index is 13.2. The van der Waals surface area contributed by atoms with Crippen molar-refractivity contribution in [2.24, 2.45) is 0 Å². The van der Waals surface area contributed by atoms with Gasteiger partial charge in [0.2, 0.25) is 0 Å². The fourth-order valence-corrected chi connectivity index (χ4v) is 5.85. The number of nitrogens with zero attached hydrogens (tertiary/aromatic N) is 10. The van der Waals surface area contributed by atoms with Gasteiger partial charge in [-0.1, -0.05) is 54.6 Å². The molecule has 0 fully saturated rings. The molecule has 2 N–H and O–H groups in total. The molecule has 0 aliphatic heterocycles. The number of imidazole rings is 2. The molecule has 0 unspecified atom stereocenters. The van der Waals surface area contributed by atoms with Gasteiger partial charge in [0, 0.05) is 86.6 Å². The van der Waals surface area contributed by atoms with E-state index < -0.39 is 11.7 Å². The van der Waals surface area contributed by atoms with Crippen LogP contribution in [0.15, 0.2) is 153 Å². The highest BCUT2D eigenvalue weighted by atomic mass is 19.4. The number of benzene rings is 2. The summed E-state index contributed by atoms with van der Waals surface area (Å²) in [5, 5.41) is 6.65. The van der Waals surface area contributed by atoms with Crippen molar-refractivity contribution in [1.82, 2.24) is 49.0 Å². The van der Waals surface area contributed by atoms with E-state index >= 15 is 0 Å². The minimum atomic E-state index is -4.43. The summed E-state index contributed by atoms with van der Waals surface area (Å²) in [4.78, 5) is 35.1. The van der Waals surface area contributed by atoms with Crippen LogP contribution in [0.5, 0.6) is 0 Å². The van der Waals surface area contributed by atoms with E-state index in [9.17, 15) is 13.2 Å². The molecule has 58 heavy (non-hydrogen) atoms. The lowest BCUT2D eigenvalue weighted by molar-refractivity contribution is -0.137. The molecular formula is C43H39F3N12. The van der Waals surface area contributed by atoms with Crippen LogP contribution in [0.3, 0.4) is 0 Å². The van der Waals surface area contributed by atoms with Crippen LogP contribution in [0, 0.1) is 0 Å². The summed E-state index contributed by atoms with van der Waals surface area (Å²) in [6, 6.07) is 30.0. The third-order valence-electron chi connectivity index (χ3n) is 8.71. The lowest BCUT2D eigenvalue weighted by atomic mass is 10.1. The molecule has 0 bridgehead atoms. The van der Waals surface area contributed by atoms with Gasteiger partial charge >= 0.3 is 6.18 Å². The predicted molar refractivity (Wildman–Crippen MR) is 217 cm³/mol. The molecule has 6 heterocycles. The molecule has 0 atom stereocenters. The molecule has 15 heteroatoms. The second-order valence-corrected chi connectivity index (χ2v) is 13.0. The van der Waals surface area contributed by atoms with Crippen LogP contribution >= 0.6 is 0 Å². The predicted octanol–water partition coefficient (Wildman–Crippen LogP) is 8.83. The maximum atomic E-state index is 13.2. The Morgan fingerprint density at radius 3 is 1.50 bits per heavy atom. The Labute approximate surface area is 333 Å². The molecule has 0 saturated heterocycles. The Morgan fingerprint density at radius 2 is 1.02 bits per heavy atom. The molecule has 2 aromatic carbocycles. The maximum Gasteiger partial charge on any atom is 0.416 e. The number of aryl methyl sites for hydroxylation is 2. The number of hydrogen-bond acceptors (Lipinski definition) is 10. The second kappa shape index (κ2) is 19.0. The Kier molecular flexibility index (Phi) is 12.8. The molecule has 8 aromatic rings. The largest absolute Gasteiger partial charge is 0.416 e. The van der Waals surface area contributed by atoms with Crippen molar-refractivity contribution >= 4 is 11.6 Å². The lowest BCUT2D eigenvalue weighted by Gasteiger charge is -2.12. The smallest absolute Gasteiger partial charge is 0.370 e. The topological polar surface area (TPSA) is 137 Å². The first kappa shape index (κ1) is 39.0. The fraction of sp³-hybridized carbons (Fsp3) is 0.163. The average Bonchev–Trinajstić information content (AvgIpc) is 4.00. The first-order valence-corrected chi connectivity index (χ1v) is 18.6. The van der Waals surface area contributed by atoms with E-state index in [0.717, 1.165) is 67.4 Å². The number of anilines is 2. The van der Waals surface area contributed by atoms with Crippen LogP contribution in [0.25, 0.3) is 45.6 Å². The number of nitrogens with one attached hydrogen (secondary N) is 2. The molecule has 0 amide bonds. The number of pyridine rings is 2. The van der Waals surface area contributed by atoms with Gasteiger partial charge in [0.05, 0.1) is 29.6 Å². The van der Waals surface area contributed by atoms with Gasteiger partial charge in [-0.2, -0.15) is 13.2 Å². The Hall–Kier alpha value is -7.29. The molecule has 0 radical (unpaired) electrons. The minimum Gasteiger partial charge on any atom is -0.370 e. The van der Waals surface area contributed by atoms with E-state index in [0.29, 0.717) is 41.0 Å². The molecule has 0 spiro atoms. The summed E-state index contributed by atoms with van der Waals surface area (Å²) >= 11 is 0. The van der Waals surface area contributed by atoms with E-state index in [-0.39, 0.29) is 0 Å². The number of hydrogen-bond donors (Lipinski definition) is 2. The third kappa shape index (κ3) is 10.9. The van der Waals surface area contributed by atoms with Gasteiger partial charge in [0.15, 0.2) is 11.6 Å². The summed E-state index contributed by atoms with van der Waals surface area (Å²) < 4.78 is 43.5. The van der Waals surface area contributed by atoms with Crippen LogP contribution in [0.1, 0.15) is 18.4 Å². The van der Waals surface area contributed by atoms with Crippen molar-refractivity contribution < 1.29 is 13.2 Å². The van der Waals surface area contributed by atoms with E-state index in [1.807, 2.05) is 77.9 Å². The Morgan fingerprint density at radius 1 is 0.500 bits per heavy atom. The summed E-state index contributed by atoms with van der Waals surface area (Å²) in [7, 11) is 0. The van der Waals surface area contributed by atoms with Gasteiger partial charge in [0.25, 0.3) is 0 Å². The molecular weight excluding hydrogens is 742 g/mol. The van der Waals surface area contributed by atoms with Crippen molar-refractivity contribution in [3.63, 3.8) is 0 Å². The van der Waals surface area contributed by atoms with Crippen molar-refractivity contribution in [2.45, 2.75) is 32.1 Å². The highest BCUT2D eigenvalue weighted by Crippen LogP contribution is 2.33. The van der Waals surface area contributed by atoms with Gasteiger partial charge in [-0.25, -0.2) is 29.9 Å². The molecule has 0 aliphatic carbocycles. The number of alkyl halides is 3. The molecule has 292 valence electrons. The van der Waals surface area contributed by atoms with Crippen LogP contribution in [0.4, 0.5) is 24.8 Å². The van der Waals surface area contributed by atoms with Gasteiger partial charge in [-0.3, -0.25) is 9.97 Å². The van der Waals surface area contributed by atoms with Gasteiger partial charge in [-0.05, 0) is 49.2 Å². The van der Waals surface area contributed by atoms with Crippen molar-refractivity contribution in [3.05, 3.63) is 159 Å². The van der Waals surface area contributed by atoms with Gasteiger partial charge < -0.3 is 19.8 Å². The fourth-order valence-electron chi connectivity index (χ4n) is 5.85. The highest BCUT2D eigenvalue weighted by Gasteiger charge is 2.30.